The van der Waals surface area contributed by atoms with Crippen LogP contribution in [0.1, 0.15) is 29.8 Å². The predicted octanol–water partition coefficient (Wildman–Crippen LogP) is 2.47. The van der Waals surface area contributed by atoms with Gasteiger partial charge in [-0.25, -0.2) is 9.19 Å². The van der Waals surface area contributed by atoms with Crippen molar-refractivity contribution >= 4 is 34.2 Å². The van der Waals surface area contributed by atoms with E-state index in [1.807, 2.05) is 6.92 Å². The zero-order valence-electron chi connectivity index (χ0n) is 15.9. The second-order valence-corrected chi connectivity index (χ2v) is 8.97. The Morgan fingerprint density at radius 1 is 1.43 bits per heavy atom. The first-order valence-electron chi connectivity index (χ1n) is 8.73. The van der Waals surface area contributed by atoms with Crippen molar-refractivity contribution in [1.82, 2.24) is 10.3 Å². The summed E-state index contributed by atoms with van der Waals surface area (Å²) < 4.78 is 20.4. The molecular formula is C19H22ClN3O4S. The number of pyridine rings is 1. The highest BCUT2D eigenvalue weighted by Gasteiger charge is 2.27. The van der Waals surface area contributed by atoms with Crippen LogP contribution in [-0.4, -0.2) is 45.5 Å². The minimum absolute atomic E-state index is 0.202. The van der Waals surface area contributed by atoms with E-state index in [-0.39, 0.29) is 12.5 Å². The molecule has 9 heteroatoms. The van der Waals surface area contributed by atoms with Gasteiger partial charge in [0.05, 0.1) is 29.1 Å². The number of carbonyl (C=O) groups is 1. The average molecular weight is 424 g/mol. The standard InChI is InChI=1S/C19H22ClN3O4S/c1-12-8-14(4-5-15(12)20)28(26)23-6-7-27-18-16(23)9-13(10-21-18)17(25)22-19(2,3)11-24/h4-5,8-10,24H,6-7,11H2,1-3H3,(H,22,25). The van der Waals surface area contributed by atoms with Crippen LogP contribution in [0.3, 0.4) is 0 Å². The molecule has 1 aromatic carbocycles. The van der Waals surface area contributed by atoms with Crippen molar-refractivity contribution in [3.05, 3.63) is 46.6 Å². The maximum atomic E-state index is 13.2. The third-order valence-electron chi connectivity index (χ3n) is 4.27. The first-order chi connectivity index (χ1) is 13.2. The molecule has 0 fully saturated rings. The van der Waals surface area contributed by atoms with Crippen molar-refractivity contribution in [2.24, 2.45) is 0 Å². The molecule has 3 rings (SSSR count). The highest BCUT2D eigenvalue weighted by atomic mass is 35.5. The number of nitrogens with one attached hydrogen (secondary N) is 1. The van der Waals surface area contributed by atoms with Gasteiger partial charge in [0.25, 0.3) is 5.91 Å². The van der Waals surface area contributed by atoms with Crippen LogP contribution in [0.15, 0.2) is 35.4 Å². The van der Waals surface area contributed by atoms with E-state index in [1.54, 1.807) is 42.4 Å². The molecule has 1 amide bonds. The normalized spacial score (nSPS) is 14.8. The number of ether oxygens (including phenoxy) is 1. The zero-order valence-corrected chi connectivity index (χ0v) is 17.4. The largest absolute Gasteiger partial charge is 0.474 e. The van der Waals surface area contributed by atoms with Gasteiger partial charge in [-0.05, 0) is 50.6 Å². The maximum absolute atomic E-state index is 13.2. The number of aliphatic hydroxyl groups excluding tert-OH is 1. The van der Waals surface area contributed by atoms with E-state index in [4.69, 9.17) is 16.3 Å². The van der Waals surface area contributed by atoms with Gasteiger partial charge in [-0.1, -0.05) is 11.6 Å². The van der Waals surface area contributed by atoms with E-state index >= 15 is 0 Å². The summed E-state index contributed by atoms with van der Waals surface area (Å²) >= 11 is 6.07. The number of hydrogen-bond acceptors (Lipinski definition) is 5. The molecule has 1 atom stereocenters. The van der Waals surface area contributed by atoms with Gasteiger partial charge in [0.1, 0.15) is 12.3 Å². The van der Waals surface area contributed by atoms with Gasteiger partial charge >= 0.3 is 0 Å². The maximum Gasteiger partial charge on any atom is 0.253 e. The summed E-state index contributed by atoms with van der Waals surface area (Å²) in [5, 5.41) is 12.7. The van der Waals surface area contributed by atoms with Crippen molar-refractivity contribution in [1.29, 1.82) is 0 Å². The molecule has 2 N–H and O–H groups in total. The first kappa shape index (κ1) is 20.6. The van der Waals surface area contributed by atoms with Gasteiger partial charge in [-0.15, -0.1) is 0 Å². The zero-order chi connectivity index (χ0) is 20.5. The summed E-state index contributed by atoms with van der Waals surface area (Å²) in [6.07, 6.45) is 1.40. The number of rotatable bonds is 5. The minimum atomic E-state index is -1.51. The molecule has 1 aliphatic rings. The molecule has 28 heavy (non-hydrogen) atoms. The highest BCUT2D eigenvalue weighted by molar-refractivity contribution is 7.86. The highest BCUT2D eigenvalue weighted by Crippen LogP contribution is 2.33. The molecule has 0 aliphatic carbocycles. The lowest BCUT2D eigenvalue weighted by atomic mass is 10.1. The molecule has 7 nitrogen and oxygen atoms in total. The third-order valence-corrected chi connectivity index (χ3v) is 6.14. The van der Waals surface area contributed by atoms with Crippen LogP contribution >= 0.6 is 11.6 Å². The molecule has 150 valence electrons. The van der Waals surface area contributed by atoms with E-state index in [0.717, 1.165) is 5.56 Å². The average Bonchev–Trinajstić information content (AvgIpc) is 2.68. The summed E-state index contributed by atoms with van der Waals surface area (Å²) in [4.78, 5) is 17.3. The monoisotopic (exact) mass is 423 g/mol. The Bertz CT molecular complexity index is 935. The summed E-state index contributed by atoms with van der Waals surface area (Å²) in [7, 11) is -1.51. The number of halogens is 1. The van der Waals surface area contributed by atoms with Gasteiger partial charge in [-0.2, -0.15) is 0 Å². The lowest BCUT2D eigenvalue weighted by Gasteiger charge is -2.30. The van der Waals surface area contributed by atoms with Crippen LogP contribution in [0, 0.1) is 6.92 Å². The van der Waals surface area contributed by atoms with Crippen LogP contribution in [0.5, 0.6) is 5.88 Å². The number of fused-ring (bicyclic) bond motifs is 1. The topological polar surface area (TPSA) is 91.8 Å². The number of benzene rings is 1. The van der Waals surface area contributed by atoms with Crippen molar-refractivity contribution in [3.63, 3.8) is 0 Å². The van der Waals surface area contributed by atoms with Crippen molar-refractivity contribution in [2.75, 3.05) is 24.1 Å². The Morgan fingerprint density at radius 2 is 2.18 bits per heavy atom. The fraction of sp³-hybridized carbons (Fsp3) is 0.368. The Kier molecular flexibility index (Phi) is 5.92. The van der Waals surface area contributed by atoms with Crippen LogP contribution in [0.25, 0.3) is 0 Å². The molecule has 1 aromatic heterocycles. The van der Waals surface area contributed by atoms with Gasteiger partial charge in [0.15, 0.2) is 11.0 Å². The van der Waals surface area contributed by atoms with Crippen LogP contribution in [0.2, 0.25) is 5.02 Å². The SMILES string of the molecule is Cc1cc(S(=O)N2CCOc3ncc(C(=O)NC(C)(C)CO)cc32)ccc1Cl. The fourth-order valence-corrected chi connectivity index (χ4v) is 4.03. The Labute approximate surface area is 171 Å². The number of anilines is 1. The second-order valence-electron chi connectivity index (χ2n) is 7.16. The molecule has 2 heterocycles. The van der Waals surface area contributed by atoms with E-state index in [1.165, 1.54) is 6.20 Å². The number of nitrogens with zero attached hydrogens (tertiary/aromatic N) is 2. The molecule has 1 aliphatic heterocycles. The van der Waals surface area contributed by atoms with Crippen molar-refractivity contribution in [2.45, 2.75) is 31.2 Å². The van der Waals surface area contributed by atoms with Crippen molar-refractivity contribution < 1.29 is 18.8 Å². The number of carbonyl (C=O) groups excluding carboxylic acids is 1. The van der Waals surface area contributed by atoms with Gasteiger partial charge < -0.3 is 15.2 Å². The summed E-state index contributed by atoms with van der Waals surface area (Å²) in [5.74, 6) is -0.0590. The molecular weight excluding hydrogens is 402 g/mol. The third kappa shape index (κ3) is 4.29. The Morgan fingerprint density at radius 3 is 2.86 bits per heavy atom. The predicted molar refractivity (Wildman–Crippen MR) is 108 cm³/mol. The molecule has 0 radical (unpaired) electrons. The minimum Gasteiger partial charge on any atom is -0.474 e. The van der Waals surface area contributed by atoms with E-state index in [9.17, 15) is 14.1 Å². The molecule has 2 aromatic rings. The molecule has 0 spiro atoms. The van der Waals surface area contributed by atoms with Gasteiger partial charge in [0.2, 0.25) is 5.88 Å². The van der Waals surface area contributed by atoms with E-state index in [0.29, 0.717) is 40.2 Å². The van der Waals surface area contributed by atoms with Crippen molar-refractivity contribution in [3.8, 4) is 5.88 Å². The van der Waals surface area contributed by atoms with Gasteiger partial charge in [-0.3, -0.25) is 9.10 Å². The summed E-state index contributed by atoms with van der Waals surface area (Å²) in [5.41, 5.74) is 0.831. The number of hydrogen-bond donors (Lipinski definition) is 2. The molecule has 0 bridgehead atoms. The smallest absolute Gasteiger partial charge is 0.253 e. The summed E-state index contributed by atoms with van der Waals surface area (Å²) in [6, 6.07) is 6.81. The van der Waals surface area contributed by atoms with Crippen LogP contribution < -0.4 is 14.4 Å². The Balaban J connectivity index is 1.93. The molecule has 1 unspecified atom stereocenters. The van der Waals surface area contributed by atoms with E-state index < -0.39 is 16.5 Å². The van der Waals surface area contributed by atoms with Gasteiger partial charge in [0, 0.05) is 11.2 Å². The quantitative estimate of drug-likeness (QED) is 0.770. The number of amides is 1. The second kappa shape index (κ2) is 8.06. The number of aliphatic hydroxyl groups is 1. The molecule has 0 saturated carbocycles. The Hall–Kier alpha value is -2.16. The summed E-state index contributed by atoms with van der Waals surface area (Å²) in [6.45, 7) is 5.79. The van der Waals surface area contributed by atoms with E-state index in [2.05, 4.69) is 10.3 Å². The lowest BCUT2D eigenvalue weighted by molar-refractivity contribution is 0.0869. The number of aromatic nitrogens is 1. The molecule has 0 saturated heterocycles. The fourth-order valence-electron chi connectivity index (χ4n) is 2.64. The first-order valence-corrected chi connectivity index (χ1v) is 10.2. The lowest BCUT2D eigenvalue weighted by Crippen LogP contribution is -2.46. The number of aryl methyl sites for hydroxylation is 1. The van der Waals surface area contributed by atoms with Crippen LogP contribution in [-0.2, 0) is 11.0 Å². The van der Waals surface area contributed by atoms with Crippen LogP contribution in [0.4, 0.5) is 5.69 Å².